The first-order valence-corrected chi connectivity index (χ1v) is 11.5. The van der Waals surface area contributed by atoms with Crippen LogP contribution in [0.1, 0.15) is 54.7 Å². The molecule has 2 heterocycles. The minimum atomic E-state index is -0.471. The number of rotatable bonds is 4. The predicted molar refractivity (Wildman–Crippen MR) is 120 cm³/mol. The van der Waals surface area contributed by atoms with Gasteiger partial charge in [-0.15, -0.1) is 0 Å². The van der Waals surface area contributed by atoms with Gasteiger partial charge in [0.25, 0.3) is 5.91 Å². The second-order valence-corrected chi connectivity index (χ2v) is 10.1. The first-order valence-electron chi connectivity index (χ1n) is 11.5. The molecule has 1 aromatic carbocycles. The van der Waals surface area contributed by atoms with E-state index in [0.29, 0.717) is 40.8 Å². The molecule has 4 saturated carbocycles. The third-order valence-electron chi connectivity index (χ3n) is 7.44. The van der Waals surface area contributed by atoms with Crippen LogP contribution >= 0.6 is 0 Å². The topological polar surface area (TPSA) is 106 Å². The number of hydrogen-bond donors (Lipinski definition) is 2. The molecule has 33 heavy (non-hydrogen) atoms. The van der Waals surface area contributed by atoms with Gasteiger partial charge in [-0.2, -0.15) is 0 Å². The Morgan fingerprint density at radius 2 is 1.82 bits per heavy atom. The molecular formula is C25H26N4O4. The van der Waals surface area contributed by atoms with Gasteiger partial charge in [0.15, 0.2) is 12.0 Å². The van der Waals surface area contributed by atoms with E-state index in [0.717, 1.165) is 37.8 Å². The molecule has 4 aliphatic rings. The van der Waals surface area contributed by atoms with E-state index in [1.165, 1.54) is 6.39 Å². The number of aromatic nitrogens is 2. The van der Waals surface area contributed by atoms with E-state index in [9.17, 15) is 9.59 Å². The highest BCUT2D eigenvalue weighted by Gasteiger charge is 2.59. The second kappa shape index (κ2) is 7.30. The zero-order valence-corrected chi connectivity index (χ0v) is 18.5. The molecule has 0 aliphatic heterocycles. The number of hydrogen-bond acceptors (Lipinski definition) is 6. The first-order chi connectivity index (χ1) is 15.9. The molecular weight excluding hydrogens is 420 g/mol. The fourth-order valence-corrected chi connectivity index (χ4v) is 6.78. The summed E-state index contributed by atoms with van der Waals surface area (Å²) in [6.07, 6.45) is 6.49. The van der Waals surface area contributed by atoms with Gasteiger partial charge in [0, 0.05) is 22.8 Å². The van der Waals surface area contributed by atoms with E-state index in [1.54, 1.807) is 24.3 Å². The van der Waals surface area contributed by atoms with E-state index >= 15 is 0 Å². The van der Waals surface area contributed by atoms with Gasteiger partial charge in [0.1, 0.15) is 17.0 Å². The van der Waals surface area contributed by atoms with Crippen molar-refractivity contribution in [2.75, 3.05) is 0 Å². The number of carbonyl (C=O) groups excluding carboxylic acids is 2. The molecule has 8 nitrogen and oxygen atoms in total. The largest absolute Gasteiger partial charge is 0.443 e. The van der Waals surface area contributed by atoms with Crippen LogP contribution in [0.25, 0.3) is 11.1 Å². The van der Waals surface area contributed by atoms with Gasteiger partial charge >= 0.3 is 6.09 Å². The van der Waals surface area contributed by atoms with Gasteiger partial charge in [-0.1, -0.05) is 6.07 Å². The summed E-state index contributed by atoms with van der Waals surface area (Å²) in [4.78, 5) is 34.4. The average Bonchev–Trinajstić information content (AvgIpc) is 3.19. The summed E-state index contributed by atoms with van der Waals surface area (Å²) in [5.41, 5.74) is 1.85. The molecule has 170 valence electrons. The normalized spacial score (nSPS) is 29.7. The maximum absolute atomic E-state index is 13.0. The van der Waals surface area contributed by atoms with Crippen LogP contribution in [0.5, 0.6) is 5.75 Å². The van der Waals surface area contributed by atoms with E-state index in [4.69, 9.17) is 9.15 Å². The quantitative estimate of drug-likeness (QED) is 0.624. The van der Waals surface area contributed by atoms with Crippen LogP contribution in [0.2, 0.25) is 0 Å². The van der Waals surface area contributed by atoms with Crippen molar-refractivity contribution in [2.24, 2.45) is 11.8 Å². The van der Waals surface area contributed by atoms with Crippen molar-refractivity contribution in [1.29, 1.82) is 0 Å². The van der Waals surface area contributed by atoms with Crippen LogP contribution in [0, 0.1) is 18.8 Å². The number of fused-ring (bicyclic) bond motifs is 1. The molecule has 4 aliphatic carbocycles. The summed E-state index contributed by atoms with van der Waals surface area (Å²) < 4.78 is 10.8. The van der Waals surface area contributed by atoms with Crippen molar-refractivity contribution < 1.29 is 18.7 Å². The minimum Gasteiger partial charge on any atom is -0.443 e. The summed E-state index contributed by atoms with van der Waals surface area (Å²) in [7, 11) is 0. The van der Waals surface area contributed by atoms with E-state index in [-0.39, 0.29) is 17.0 Å². The number of nitrogens with one attached hydrogen (secondary N) is 2. The Labute approximate surface area is 191 Å². The van der Waals surface area contributed by atoms with Gasteiger partial charge in [-0.3, -0.25) is 4.79 Å². The third kappa shape index (κ3) is 3.73. The van der Waals surface area contributed by atoms with Crippen molar-refractivity contribution >= 4 is 23.1 Å². The molecule has 4 fully saturated rings. The Kier molecular flexibility index (Phi) is 4.47. The molecule has 2 aromatic heterocycles. The Bertz CT molecular complexity index is 1240. The maximum atomic E-state index is 13.0. The second-order valence-electron chi connectivity index (χ2n) is 10.1. The number of pyridine rings is 1. The fourth-order valence-electron chi connectivity index (χ4n) is 6.78. The molecule has 2 unspecified atom stereocenters. The third-order valence-corrected chi connectivity index (χ3v) is 7.44. The average molecular weight is 447 g/mol. The van der Waals surface area contributed by atoms with Crippen LogP contribution in [0.4, 0.5) is 4.79 Å². The standard InChI is InChI=1S/C25H26N4O4/c1-15-3-2-4-19(27-15)22(30)28-24-9-16-7-17(10-24)12-25(11-16,13-24)29-23(31)33-18-5-6-21-20(8-18)26-14-32-21/h2-6,8,14,16-17H,7,9-13H2,1H3,(H,28,30)(H,29,31). The number of aryl methyl sites for hydroxylation is 1. The summed E-state index contributed by atoms with van der Waals surface area (Å²) in [5.74, 6) is 1.24. The molecule has 2 amide bonds. The Balaban J connectivity index is 1.19. The van der Waals surface area contributed by atoms with E-state index in [2.05, 4.69) is 20.6 Å². The molecule has 7 rings (SSSR count). The highest BCUT2D eigenvalue weighted by molar-refractivity contribution is 5.93. The van der Waals surface area contributed by atoms with Crippen LogP contribution in [-0.2, 0) is 0 Å². The lowest BCUT2D eigenvalue weighted by Crippen LogP contribution is -2.70. The minimum absolute atomic E-state index is 0.140. The van der Waals surface area contributed by atoms with Crippen molar-refractivity contribution in [1.82, 2.24) is 20.6 Å². The Morgan fingerprint density at radius 1 is 1.06 bits per heavy atom. The van der Waals surface area contributed by atoms with E-state index < -0.39 is 6.09 Å². The lowest BCUT2D eigenvalue weighted by Gasteiger charge is -2.62. The molecule has 0 saturated heterocycles. The van der Waals surface area contributed by atoms with Crippen LogP contribution in [0.3, 0.4) is 0 Å². The number of carbonyl (C=O) groups is 2. The highest BCUT2D eigenvalue weighted by Crippen LogP contribution is 2.57. The van der Waals surface area contributed by atoms with Crippen molar-refractivity contribution in [3.05, 3.63) is 54.2 Å². The van der Waals surface area contributed by atoms with E-state index in [1.807, 2.05) is 19.1 Å². The molecule has 3 aromatic rings. The molecule has 0 radical (unpaired) electrons. The highest BCUT2D eigenvalue weighted by atomic mass is 16.6. The number of oxazole rings is 1. The summed E-state index contributed by atoms with van der Waals surface area (Å²) in [6.45, 7) is 1.88. The van der Waals surface area contributed by atoms with Gasteiger partial charge in [0.05, 0.1) is 0 Å². The summed E-state index contributed by atoms with van der Waals surface area (Å²) >= 11 is 0. The van der Waals surface area contributed by atoms with Crippen LogP contribution < -0.4 is 15.4 Å². The number of nitrogens with zero attached hydrogens (tertiary/aromatic N) is 2. The zero-order valence-electron chi connectivity index (χ0n) is 18.5. The molecule has 8 heteroatoms. The zero-order chi connectivity index (χ0) is 22.6. The van der Waals surface area contributed by atoms with Gasteiger partial charge in [0.2, 0.25) is 0 Å². The van der Waals surface area contributed by atoms with Crippen molar-refractivity contribution in [2.45, 2.75) is 56.5 Å². The lowest BCUT2D eigenvalue weighted by molar-refractivity contribution is -0.0449. The number of amides is 2. The van der Waals surface area contributed by atoms with Crippen LogP contribution in [-0.4, -0.2) is 33.0 Å². The summed E-state index contributed by atoms with van der Waals surface area (Å²) in [5, 5.41) is 6.51. The predicted octanol–water partition coefficient (Wildman–Crippen LogP) is 4.14. The fraction of sp³-hybridized carbons (Fsp3) is 0.440. The molecule has 0 spiro atoms. The van der Waals surface area contributed by atoms with Crippen molar-refractivity contribution in [3.63, 3.8) is 0 Å². The smallest absolute Gasteiger partial charge is 0.413 e. The monoisotopic (exact) mass is 446 g/mol. The maximum Gasteiger partial charge on any atom is 0.413 e. The lowest BCUT2D eigenvalue weighted by atomic mass is 9.50. The van der Waals surface area contributed by atoms with Gasteiger partial charge < -0.3 is 19.8 Å². The Hall–Kier alpha value is -3.42. The van der Waals surface area contributed by atoms with Crippen molar-refractivity contribution in [3.8, 4) is 5.75 Å². The van der Waals surface area contributed by atoms with Gasteiger partial charge in [-0.25, -0.2) is 14.8 Å². The molecule has 2 atom stereocenters. The summed E-state index contributed by atoms with van der Waals surface area (Å²) in [6, 6.07) is 10.6. The molecule has 4 bridgehead atoms. The molecule has 2 N–H and O–H groups in total. The Morgan fingerprint density at radius 3 is 2.58 bits per heavy atom. The van der Waals surface area contributed by atoms with Gasteiger partial charge in [-0.05, 0) is 81.5 Å². The SMILES string of the molecule is Cc1cccc(C(=O)NC23CC4CC(CC(NC(=O)Oc5ccc6ocnc6c5)(C4)C2)C3)n1. The number of ether oxygens (including phenoxy) is 1. The first kappa shape index (κ1) is 20.2. The number of benzene rings is 1. The van der Waals surface area contributed by atoms with Crippen LogP contribution in [0.15, 0.2) is 47.2 Å².